The van der Waals surface area contributed by atoms with Crippen molar-refractivity contribution in [1.29, 1.82) is 5.26 Å². The van der Waals surface area contributed by atoms with E-state index in [1.54, 1.807) is 13.2 Å². The second-order valence-corrected chi connectivity index (χ2v) is 6.84. The van der Waals surface area contributed by atoms with E-state index in [1.807, 2.05) is 13.0 Å². The van der Waals surface area contributed by atoms with Gasteiger partial charge in [-0.05, 0) is 43.9 Å². The Hall–Kier alpha value is -3.47. The van der Waals surface area contributed by atoms with Crippen LogP contribution in [0.1, 0.15) is 48.5 Å². The molecule has 2 aromatic heterocycles. The molecule has 142 valence electrons. The molecule has 3 N–H and O–H groups in total. The molecule has 7 nitrogen and oxygen atoms in total. The SMILES string of the molecule is COc1c(C2CC2)c([C@@H](C)Nc2ncnc(N)c2C#N)nc2ccc(F)cc12. The van der Waals surface area contributed by atoms with Crippen LogP contribution in [0.5, 0.6) is 5.75 Å². The van der Waals surface area contributed by atoms with Crippen molar-refractivity contribution in [3.63, 3.8) is 0 Å². The van der Waals surface area contributed by atoms with Gasteiger partial charge in [-0.1, -0.05) is 0 Å². The third-order valence-electron chi connectivity index (χ3n) is 4.91. The number of nitrogens with one attached hydrogen (secondary N) is 1. The van der Waals surface area contributed by atoms with Crippen LogP contribution in [0.3, 0.4) is 0 Å². The summed E-state index contributed by atoms with van der Waals surface area (Å²) in [6.45, 7) is 1.93. The lowest BCUT2D eigenvalue weighted by atomic mass is 9.99. The molecule has 28 heavy (non-hydrogen) atoms. The van der Waals surface area contributed by atoms with Crippen molar-refractivity contribution in [3.8, 4) is 11.8 Å². The number of aromatic nitrogens is 3. The van der Waals surface area contributed by atoms with Gasteiger partial charge in [0, 0.05) is 10.9 Å². The van der Waals surface area contributed by atoms with Crippen molar-refractivity contribution < 1.29 is 9.13 Å². The molecule has 1 aliphatic rings. The molecular formula is C20H19FN6O. The van der Waals surface area contributed by atoms with Crippen molar-refractivity contribution in [2.45, 2.75) is 31.7 Å². The Balaban J connectivity index is 1.84. The van der Waals surface area contributed by atoms with Crippen LogP contribution in [0.15, 0.2) is 24.5 Å². The van der Waals surface area contributed by atoms with Gasteiger partial charge in [0.05, 0.1) is 24.4 Å². The number of hydrogen-bond donors (Lipinski definition) is 2. The number of fused-ring (bicyclic) bond motifs is 1. The number of methoxy groups -OCH3 is 1. The molecule has 1 aliphatic carbocycles. The highest BCUT2D eigenvalue weighted by Gasteiger charge is 2.33. The molecule has 0 aliphatic heterocycles. The average Bonchev–Trinajstić information content (AvgIpc) is 3.51. The first kappa shape index (κ1) is 17.9. The van der Waals surface area contributed by atoms with Gasteiger partial charge in [0.1, 0.15) is 41.2 Å². The Morgan fingerprint density at radius 1 is 1.36 bits per heavy atom. The summed E-state index contributed by atoms with van der Waals surface area (Å²) in [5.41, 5.74) is 8.39. The van der Waals surface area contributed by atoms with Crippen LogP contribution in [0.2, 0.25) is 0 Å². The molecule has 8 heteroatoms. The summed E-state index contributed by atoms with van der Waals surface area (Å²) in [7, 11) is 1.59. The molecule has 0 radical (unpaired) electrons. The molecule has 0 saturated heterocycles. The van der Waals surface area contributed by atoms with Gasteiger partial charge in [0.15, 0.2) is 0 Å². The first-order valence-corrected chi connectivity index (χ1v) is 8.97. The Morgan fingerprint density at radius 3 is 2.82 bits per heavy atom. The van der Waals surface area contributed by atoms with Crippen molar-refractivity contribution in [2.24, 2.45) is 0 Å². The second kappa shape index (κ2) is 6.93. The maximum absolute atomic E-state index is 13.8. The van der Waals surface area contributed by atoms with Crippen molar-refractivity contribution in [1.82, 2.24) is 15.0 Å². The summed E-state index contributed by atoms with van der Waals surface area (Å²) in [4.78, 5) is 12.8. The molecule has 1 saturated carbocycles. The molecule has 0 spiro atoms. The van der Waals surface area contributed by atoms with E-state index in [2.05, 4.69) is 15.3 Å². The summed E-state index contributed by atoms with van der Waals surface area (Å²) in [6.07, 6.45) is 3.37. The van der Waals surface area contributed by atoms with Gasteiger partial charge in [-0.25, -0.2) is 14.4 Å². The number of benzene rings is 1. The summed E-state index contributed by atoms with van der Waals surface area (Å²) < 4.78 is 19.5. The highest BCUT2D eigenvalue weighted by atomic mass is 19.1. The standard InChI is InChI=1S/C20H19FN6O/c1-10(26-20-14(8-22)19(23)24-9-25-20)17-16(11-3-4-11)18(28-2)13-7-12(21)5-6-15(13)27-17/h5-7,9-11H,3-4H2,1-2H3,(H3,23,24,25,26)/t10-/m1/s1. The van der Waals surface area contributed by atoms with E-state index in [1.165, 1.54) is 18.5 Å². The minimum Gasteiger partial charge on any atom is -0.496 e. The molecule has 1 aromatic carbocycles. The van der Waals surface area contributed by atoms with E-state index in [9.17, 15) is 9.65 Å². The molecule has 0 bridgehead atoms. The van der Waals surface area contributed by atoms with Gasteiger partial charge >= 0.3 is 0 Å². The van der Waals surface area contributed by atoms with Gasteiger partial charge in [-0.3, -0.25) is 4.98 Å². The normalized spacial score (nSPS) is 14.5. The van der Waals surface area contributed by atoms with Crippen LogP contribution >= 0.6 is 0 Å². The number of pyridine rings is 1. The molecule has 4 rings (SSSR count). The van der Waals surface area contributed by atoms with Gasteiger partial charge in [0.25, 0.3) is 0 Å². The minimum atomic E-state index is -0.330. The number of nitrogens with zero attached hydrogens (tertiary/aromatic N) is 4. The zero-order chi connectivity index (χ0) is 19.8. The van der Waals surface area contributed by atoms with Crippen molar-refractivity contribution in [2.75, 3.05) is 18.2 Å². The summed E-state index contributed by atoms with van der Waals surface area (Å²) in [5.74, 6) is 1.11. The number of ether oxygens (including phenoxy) is 1. The predicted molar refractivity (Wildman–Crippen MR) is 103 cm³/mol. The first-order chi connectivity index (χ1) is 13.5. The van der Waals surface area contributed by atoms with Crippen LogP contribution in [0, 0.1) is 17.1 Å². The van der Waals surface area contributed by atoms with E-state index < -0.39 is 0 Å². The van der Waals surface area contributed by atoms with Crippen molar-refractivity contribution in [3.05, 3.63) is 47.2 Å². The fourth-order valence-corrected chi connectivity index (χ4v) is 3.45. The van der Waals surface area contributed by atoms with E-state index in [4.69, 9.17) is 15.5 Å². The van der Waals surface area contributed by atoms with Crippen LogP contribution in [0.4, 0.5) is 16.0 Å². The van der Waals surface area contributed by atoms with Gasteiger partial charge in [-0.15, -0.1) is 0 Å². The van der Waals surface area contributed by atoms with Gasteiger partial charge in [-0.2, -0.15) is 5.26 Å². The summed E-state index contributed by atoms with van der Waals surface area (Å²) >= 11 is 0. The Morgan fingerprint density at radius 2 is 2.14 bits per heavy atom. The number of nitrogens with two attached hydrogens (primary N) is 1. The fraction of sp³-hybridized carbons (Fsp3) is 0.300. The van der Waals surface area contributed by atoms with E-state index >= 15 is 0 Å². The summed E-state index contributed by atoms with van der Waals surface area (Å²) in [6, 6.07) is 6.23. The zero-order valence-corrected chi connectivity index (χ0v) is 15.5. The average molecular weight is 378 g/mol. The number of nitrogen functional groups attached to an aromatic ring is 1. The predicted octanol–water partition coefficient (Wildman–Crippen LogP) is 3.68. The van der Waals surface area contributed by atoms with Crippen LogP contribution in [0.25, 0.3) is 10.9 Å². The van der Waals surface area contributed by atoms with Crippen molar-refractivity contribution >= 4 is 22.5 Å². The van der Waals surface area contributed by atoms with Gasteiger partial charge in [0.2, 0.25) is 0 Å². The molecule has 1 fully saturated rings. The van der Waals surface area contributed by atoms with Crippen LogP contribution in [-0.4, -0.2) is 22.1 Å². The Labute approximate surface area is 161 Å². The van der Waals surface area contributed by atoms with E-state index in [-0.39, 0.29) is 23.2 Å². The highest BCUT2D eigenvalue weighted by Crippen LogP contribution is 2.49. The maximum atomic E-state index is 13.8. The summed E-state index contributed by atoms with van der Waals surface area (Å²) in [5, 5.41) is 13.2. The molecular weight excluding hydrogens is 359 g/mol. The highest BCUT2D eigenvalue weighted by molar-refractivity contribution is 5.87. The number of rotatable bonds is 5. The number of anilines is 2. The van der Waals surface area contributed by atoms with Crippen LogP contribution in [-0.2, 0) is 0 Å². The lowest BCUT2D eigenvalue weighted by Gasteiger charge is -2.21. The number of halogens is 1. The largest absolute Gasteiger partial charge is 0.496 e. The third-order valence-corrected chi connectivity index (χ3v) is 4.91. The number of hydrogen-bond acceptors (Lipinski definition) is 7. The van der Waals surface area contributed by atoms with E-state index in [0.29, 0.717) is 28.4 Å². The minimum absolute atomic E-state index is 0.120. The number of nitriles is 1. The molecule has 3 aromatic rings. The first-order valence-electron chi connectivity index (χ1n) is 8.97. The molecule has 0 unspecified atom stereocenters. The second-order valence-electron chi connectivity index (χ2n) is 6.84. The maximum Gasteiger partial charge on any atom is 0.150 e. The lowest BCUT2D eigenvalue weighted by molar-refractivity contribution is 0.413. The fourth-order valence-electron chi connectivity index (χ4n) is 3.45. The smallest absolute Gasteiger partial charge is 0.150 e. The Bertz CT molecular complexity index is 1110. The molecule has 2 heterocycles. The topological polar surface area (TPSA) is 110 Å². The lowest BCUT2D eigenvalue weighted by Crippen LogP contribution is -2.15. The molecule has 1 atom stereocenters. The van der Waals surface area contributed by atoms with Crippen LogP contribution < -0.4 is 15.8 Å². The third kappa shape index (κ3) is 3.05. The zero-order valence-electron chi connectivity index (χ0n) is 15.5. The van der Waals surface area contributed by atoms with Gasteiger partial charge < -0.3 is 15.8 Å². The quantitative estimate of drug-likeness (QED) is 0.697. The molecule has 0 amide bonds. The Kier molecular flexibility index (Phi) is 4.43. The van der Waals surface area contributed by atoms with E-state index in [0.717, 1.165) is 24.1 Å². The monoisotopic (exact) mass is 378 g/mol.